The van der Waals surface area contributed by atoms with Crippen molar-refractivity contribution in [2.45, 2.75) is 96.8 Å². The van der Waals surface area contributed by atoms with E-state index in [0.717, 1.165) is 29.6 Å². The summed E-state index contributed by atoms with van der Waals surface area (Å²) >= 11 is 0. The average Bonchev–Trinajstić information content (AvgIpc) is 2.45. The average molecular weight is 277 g/mol. The van der Waals surface area contributed by atoms with Crippen LogP contribution in [-0.2, 0) is 0 Å². The van der Waals surface area contributed by atoms with Crippen molar-refractivity contribution >= 4 is 0 Å². The van der Waals surface area contributed by atoms with Crippen molar-refractivity contribution in [3.8, 4) is 0 Å². The third-order valence-electron chi connectivity index (χ3n) is 7.19. The van der Waals surface area contributed by atoms with Crippen molar-refractivity contribution in [1.29, 1.82) is 0 Å². The Balaban J connectivity index is 1.75. The predicted molar refractivity (Wildman–Crippen MR) is 87.8 cm³/mol. The maximum Gasteiger partial charge on any atom is -0.0357 e. The molecule has 5 atom stereocenters. The Bertz CT molecular complexity index is 260. The van der Waals surface area contributed by atoms with Gasteiger partial charge in [0, 0.05) is 0 Å². The van der Waals surface area contributed by atoms with E-state index in [1.807, 2.05) is 0 Å². The van der Waals surface area contributed by atoms with Crippen LogP contribution in [0.15, 0.2) is 0 Å². The third kappa shape index (κ3) is 3.60. The van der Waals surface area contributed by atoms with Crippen molar-refractivity contribution in [3.63, 3.8) is 0 Å². The third-order valence-corrected chi connectivity index (χ3v) is 7.19. The van der Waals surface area contributed by atoms with Gasteiger partial charge in [-0.05, 0) is 61.7 Å². The minimum atomic E-state index is 1.02. The van der Waals surface area contributed by atoms with Crippen LogP contribution in [0.1, 0.15) is 96.8 Å². The SMILES string of the molecule is CC1CCC2C3CCCCCCCC[C@@H]2CCC1CC3. The van der Waals surface area contributed by atoms with Gasteiger partial charge in [-0.2, -0.15) is 0 Å². The summed E-state index contributed by atoms with van der Waals surface area (Å²) in [5.41, 5.74) is 0. The highest BCUT2D eigenvalue weighted by molar-refractivity contribution is 4.87. The first-order chi connectivity index (χ1) is 9.84. The van der Waals surface area contributed by atoms with E-state index in [9.17, 15) is 0 Å². The molecule has 0 aliphatic heterocycles. The van der Waals surface area contributed by atoms with Gasteiger partial charge in [-0.1, -0.05) is 64.7 Å². The molecule has 20 heavy (non-hydrogen) atoms. The smallest absolute Gasteiger partial charge is 0.0357 e. The monoisotopic (exact) mass is 276 g/mol. The van der Waals surface area contributed by atoms with Crippen LogP contribution >= 0.6 is 0 Å². The fourth-order valence-electron chi connectivity index (χ4n) is 5.78. The molecular formula is C20H36. The van der Waals surface area contributed by atoms with E-state index in [1.54, 1.807) is 51.4 Å². The molecule has 0 heterocycles. The maximum absolute atomic E-state index is 2.55. The predicted octanol–water partition coefficient (Wildman–Crippen LogP) is 6.59. The molecule has 4 aliphatic rings. The summed E-state index contributed by atoms with van der Waals surface area (Å²) in [4.78, 5) is 0. The molecule has 4 rings (SSSR count). The standard InChI is InChI=1S/C20H36/c1-16-10-15-20-18-8-6-4-2-3-5-7-9-19(20)14-12-17(16)11-13-18/h16-20H,2-15H2,1H3/t16?,17?,18-,19?,20?/m1/s1. The molecule has 0 amide bonds. The van der Waals surface area contributed by atoms with Gasteiger partial charge in [-0.25, -0.2) is 0 Å². The molecule has 116 valence electrons. The molecule has 4 unspecified atom stereocenters. The van der Waals surface area contributed by atoms with Crippen molar-refractivity contribution in [2.24, 2.45) is 29.6 Å². The minimum Gasteiger partial charge on any atom is -0.0622 e. The summed E-state index contributed by atoms with van der Waals surface area (Å²) in [6.45, 7) is 2.55. The van der Waals surface area contributed by atoms with Crippen molar-refractivity contribution < 1.29 is 0 Å². The molecule has 0 aromatic heterocycles. The molecular weight excluding hydrogens is 240 g/mol. The zero-order valence-electron chi connectivity index (χ0n) is 13.8. The van der Waals surface area contributed by atoms with Crippen LogP contribution in [0.5, 0.6) is 0 Å². The molecule has 0 spiro atoms. The van der Waals surface area contributed by atoms with E-state index in [2.05, 4.69) is 6.92 Å². The van der Waals surface area contributed by atoms with E-state index in [0.29, 0.717) is 0 Å². The maximum atomic E-state index is 2.55. The lowest BCUT2D eigenvalue weighted by Crippen LogP contribution is -2.32. The molecule has 4 saturated carbocycles. The molecule has 4 aliphatic carbocycles. The lowest BCUT2D eigenvalue weighted by Gasteiger charge is -2.43. The Morgan fingerprint density at radius 2 is 0.950 bits per heavy atom. The van der Waals surface area contributed by atoms with E-state index in [4.69, 9.17) is 0 Å². The van der Waals surface area contributed by atoms with Crippen molar-refractivity contribution in [1.82, 2.24) is 0 Å². The summed E-state index contributed by atoms with van der Waals surface area (Å²) in [5, 5.41) is 0. The fourth-order valence-corrected chi connectivity index (χ4v) is 5.78. The Labute approximate surface area is 127 Å². The van der Waals surface area contributed by atoms with Crippen LogP contribution in [-0.4, -0.2) is 0 Å². The Morgan fingerprint density at radius 1 is 0.450 bits per heavy atom. The van der Waals surface area contributed by atoms with E-state index >= 15 is 0 Å². The molecule has 4 bridgehead atoms. The zero-order chi connectivity index (χ0) is 13.8. The molecule has 0 aromatic carbocycles. The van der Waals surface area contributed by atoms with Crippen LogP contribution in [0.25, 0.3) is 0 Å². The van der Waals surface area contributed by atoms with Gasteiger partial charge in [0.1, 0.15) is 0 Å². The van der Waals surface area contributed by atoms with Crippen molar-refractivity contribution in [2.75, 3.05) is 0 Å². The summed E-state index contributed by atoms with van der Waals surface area (Å²) in [6.07, 6.45) is 21.7. The molecule has 4 fully saturated rings. The fraction of sp³-hybridized carbons (Fsp3) is 1.00. The number of hydrogen-bond donors (Lipinski definition) is 0. The molecule has 0 nitrogen and oxygen atoms in total. The second-order valence-corrected chi connectivity index (χ2v) is 8.35. The highest BCUT2D eigenvalue weighted by atomic mass is 14.4. The highest BCUT2D eigenvalue weighted by Crippen LogP contribution is 2.47. The van der Waals surface area contributed by atoms with Crippen molar-refractivity contribution in [3.05, 3.63) is 0 Å². The van der Waals surface area contributed by atoms with Gasteiger partial charge in [0.15, 0.2) is 0 Å². The van der Waals surface area contributed by atoms with Crippen LogP contribution in [0.3, 0.4) is 0 Å². The second-order valence-electron chi connectivity index (χ2n) is 8.35. The molecule has 0 saturated heterocycles. The first-order valence-electron chi connectivity index (χ1n) is 9.84. The van der Waals surface area contributed by atoms with E-state index in [-0.39, 0.29) is 0 Å². The van der Waals surface area contributed by atoms with Gasteiger partial charge in [-0.15, -0.1) is 0 Å². The summed E-state index contributed by atoms with van der Waals surface area (Å²) in [5.74, 6) is 5.42. The number of rotatable bonds is 0. The van der Waals surface area contributed by atoms with Crippen LogP contribution < -0.4 is 0 Å². The van der Waals surface area contributed by atoms with Crippen LogP contribution in [0.4, 0.5) is 0 Å². The topological polar surface area (TPSA) is 0 Å². The van der Waals surface area contributed by atoms with Gasteiger partial charge in [0.05, 0.1) is 0 Å². The van der Waals surface area contributed by atoms with Gasteiger partial charge < -0.3 is 0 Å². The lowest BCUT2D eigenvalue weighted by molar-refractivity contribution is 0.0794. The Hall–Kier alpha value is 0. The summed E-state index contributed by atoms with van der Waals surface area (Å²) < 4.78 is 0. The highest BCUT2D eigenvalue weighted by Gasteiger charge is 2.36. The van der Waals surface area contributed by atoms with Gasteiger partial charge >= 0.3 is 0 Å². The Morgan fingerprint density at radius 3 is 1.55 bits per heavy atom. The largest absolute Gasteiger partial charge is 0.0622 e. The molecule has 0 radical (unpaired) electrons. The zero-order valence-corrected chi connectivity index (χ0v) is 13.8. The second kappa shape index (κ2) is 7.32. The van der Waals surface area contributed by atoms with Gasteiger partial charge in [0.2, 0.25) is 0 Å². The quantitative estimate of drug-likeness (QED) is 0.468. The molecule has 0 N–H and O–H groups in total. The van der Waals surface area contributed by atoms with E-state index in [1.165, 1.54) is 38.5 Å². The first kappa shape index (κ1) is 14.9. The molecule has 0 heteroatoms. The number of hydrogen-bond acceptors (Lipinski definition) is 0. The minimum absolute atomic E-state index is 1.02. The lowest BCUT2D eigenvalue weighted by atomic mass is 9.63. The molecule has 0 aromatic rings. The van der Waals surface area contributed by atoms with Gasteiger partial charge in [0.25, 0.3) is 0 Å². The normalized spacial score (nSPS) is 44.0. The summed E-state index contributed by atoms with van der Waals surface area (Å²) in [7, 11) is 0. The Kier molecular flexibility index (Phi) is 5.46. The summed E-state index contributed by atoms with van der Waals surface area (Å²) in [6, 6.07) is 0. The van der Waals surface area contributed by atoms with Crippen LogP contribution in [0, 0.1) is 29.6 Å². The number of fused-ring (bicyclic) bond motifs is 4. The van der Waals surface area contributed by atoms with Crippen LogP contribution in [0.2, 0.25) is 0 Å². The first-order valence-corrected chi connectivity index (χ1v) is 9.84. The van der Waals surface area contributed by atoms with E-state index < -0.39 is 0 Å². The van der Waals surface area contributed by atoms with Gasteiger partial charge in [-0.3, -0.25) is 0 Å².